The second-order valence-corrected chi connectivity index (χ2v) is 13.5. The molecule has 0 unspecified atom stereocenters. The highest BCUT2D eigenvalue weighted by Crippen LogP contribution is 2.68. The van der Waals surface area contributed by atoms with Crippen LogP contribution in [-0.4, -0.2) is 11.2 Å². The van der Waals surface area contributed by atoms with Gasteiger partial charge in [0.25, 0.3) is 0 Å². The second-order valence-electron chi connectivity index (χ2n) is 13.5. The fraction of sp³-hybridized carbons (Fsp3) is 0.931. The van der Waals surface area contributed by atoms with E-state index in [9.17, 15) is 5.11 Å². The van der Waals surface area contributed by atoms with E-state index in [2.05, 4.69) is 54.5 Å². The standard InChI is InChI=1S/C29H50O/c1-19(2)9-8-10-20(3)22-12-13-23-21-11-14-25-27(4,5)26(30)16-18-29(25,7)24(21)15-17-28(22,23)6/h14,19-24,26,30H,8-13,15-18H2,1-7H3/t20-,21-,22+,23-,24-,26+,28-,29-/m1/s1. The lowest BCUT2D eigenvalue weighted by Gasteiger charge is -2.61. The van der Waals surface area contributed by atoms with Gasteiger partial charge in [-0.1, -0.05) is 79.4 Å². The van der Waals surface area contributed by atoms with Crippen molar-refractivity contribution >= 4 is 0 Å². The molecular weight excluding hydrogens is 364 g/mol. The number of aliphatic hydroxyl groups is 1. The third-order valence-electron chi connectivity index (χ3n) is 11.1. The van der Waals surface area contributed by atoms with Gasteiger partial charge in [0.05, 0.1) is 6.10 Å². The largest absolute Gasteiger partial charge is 0.392 e. The first-order valence-corrected chi connectivity index (χ1v) is 13.4. The lowest BCUT2D eigenvalue weighted by Crippen LogP contribution is -2.54. The molecule has 4 aliphatic rings. The van der Waals surface area contributed by atoms with Crippen molar-refractivity contribution < 1.29 is 5.11 Å². The molecule has 0 spiro atoms. The number of allylic oxidation sites excluding steroid dienone is 1. The maximum atomic E-state index is 10.7. The zero-order valence-electron chi connectivity index (χ0n) is 21.1. The first-order chi connectivity index (χ1) is 14.0. The summed E-state index contributed by atoms with van der Waals surface area (Å²) in [7, 11) is 0. The molecule has 0 amide bonds. The third kappa shape index (κ3) is 3.45. The summed E-state index contributed by atoms with van der Waals surface area (Å²) in [6.07, 6.45) is 16.0. The number of rotatable bonds is 5. The molecule has 0 aromatic rings. The summed E-state index contributed by atoms with van der Waals surface area (Å²) in [6.45, 7) is 17.2. The van der Waals surface area contributed by atoms with Crippen molar-refractivity contribution in [2.24, 2.45) is 51.8 Å². The van der Waals surface area contributed by atoms with E-state index in [1.54, 1.807) is 5.57 Å². The molecule has 0 aliphatic heterocycles. The van der Waals surface area contributed by atoms with Crippen LogP contribution in [0.2, 0.25) is 0 Å². The Hall–Kier alpha value is -0.300. The Bertz CT molecular complexity index is 659. The predicted octanol–water partition coefficient (Wildman–Crippen LogP) is 8.02. The van der Waals surface area contributed by atoms with Crippen LogP contribution in [0.1, 0.15) is 113 Å². The van der Waals surface area contributed by atoms with Crippen molar-refractivity contribution in [3.63, 3.8) is 0 Å². The number of fused-ring (bicyclic) bond motifs is 5. The fourth-order valence-corrected chi connectivity index (χ4v) is 9.41. The molecule has 1 N–H and O–H groups in total. The highest BCUT2D eigenvalue weighted by Gasteiger charge is 2.61. The molecule has 3 saturated carbocycles. The van der Waals surface area contributed by atoms with Gasteiger partial charge in [0.2, 0.25) is 0 Å². The summed E-state index contributed by atoms with van der Waals surface area (Å²) in [4.78, 5) is 0. The first-order valence-electron chi connectivity index (χ1n) is 13.4. The van der Waals surface area contributed by atoms with Crippen LogP contribution in [0.5, 0.6) is 0 Å². The molecule has 0 saturated heterocycles. The van der Waals surface area contributed by atoms with E-state index in [0.29, 0.717) is 10.8 Å². The topological polar surface area (TPSA) is 20.2 Å². The number of hydrogen-bond donors (Lipinski definition) is 1. The van der Waals surface area contributed by atoms with Gasteiger partial charge in [-0.25, -0.2) is 0 Å². The van der Waals surface area contributed by atoms with Crippen LogP contribution in [0.3, 0.4) is 0 Å². The zero-order chi connectivity index (χ0) is 21.9. The highest BCUT2D eigenvalue weighted by molar-refractivity contribution is 5.31. The summed E-state index contributed by atoms with van der Waals surface area (Å²) in [5.74, 6) is 5.34. The van der Waals surface area contributed by atoms with E-state index >= 15 is 0 Å². The van der Waals surface area contributed by atoms with Crippen molar-refractivity contribution in [3.05, 3.63) is 11.6 Å². The Morgan fingerprint density at radius 3 is 2.37 bits per heavy atom. The van der Waals surface area contributed by atoms with Gasteiger partial charge in [-0.05, 0) is 91.3 Å². The minimum absolute atomic E-state index is 0.0398. The Balaban J connectivity index is 1.54. The van der Waals surface area contributed by atoms with Crippen LogP contribution < -0.4 is 0 Å². The molecule has 30 heavy (non-hydrogen) atoms. The Labute approximate surface area is 187 Å². The van der Waals surface area contributed by atoms with Gasteiger partial charge in [-0.2, -0.15) is 0 Å². The maximum absolute atomic E-state index is 10.7. The summed E-state index contributed by atoms with van der Waals surface area (Å²) in [6, 6.07) is 0. The van der Waals surface area contributed by atoms with E-state index < -0.39 is 0 Å². The van der Waals surface area contributed by atoms with Crippen LogP contribution in [0, 0.1) is 51.8 Å². The number of aliphatic hydroxyl groups excluding tert-OH is 1. The first kappa shape index (κ1) is 22.9. The molecule has 0 radical (unpaired) electrons. The zero-order valence-corrected chi connectivity index (χ0v) is 21.1. The van der Waals surface area contributed by atoms with Crippen molar-refractivity contribution in [1.82, 2.24) is 0 Å². The lowest BCUT2D eigenvalue weighted by molar-refractivity contribution is -0.0782. The summed E-state index contributed by atoms with van der Waals surface area (Å²) in [5, 5.41) is 10.7. The van der Waals surface area contributed by atoms with E-state index in [4.69, 9.17) is 0 Å². The summed E-state index contributed by atoms with van der Waals surface area (Å²) >= 11 is 0. The number of hydrogen-bond acceptors (Lipinski definition) is 1. The molecule has 1 heteroatoms. The van der Waals surface area contributed by atoms with E-state index in [1.165, 1.54) is 57.8 Å². The van der Waals surface area contributed by atoms with Gasteiger partial charge in [-0.3, -0.25) is 0 Å². The Kier molecular flexibility index (Phi) is 6.05. The molecule has 3 fully saturated rings. The fourth-order valence-electron chi connectivity index (χ4n) is 9.41. The summed E-state index contributed by atoms with van der Waals surface area (Å²) in [5.41, 5.74) is 2.47. The van der Waals surface area contributed by atoms with Gasteiger partial charge < -0.3 is 5.11 Å². The Morgan fingerprint density at radius 2 is 1.67 bits per heavy atom. The normalized spacial score (nSPS) is 46.0. The van der Waals surface area contributed by atoms with E-state index in [1.807, 2.05) is 0 Å². The monoisotopic (exact) mass is 414 g/mol. The van der Waals surface area contributed by atoms with Crippen molar-refractivity contribution in [2.75, 3.05) is 0 Å². The third-order valence-corrected chi connectivity index (χ3v) is 11.1. The molecular formula is C29H50O. The maximum Gasteiger partial charge on any atom is 0.0628 e. The van der Waals surface area contributed by atoms with Crippen molar-refractivity contribution in [1.29, 1.82) is 0 Å². The molecule has 4 rings (SSSR count). The van der Waals surface area contributed by atoms with Crippen LogP contribution in [0.25, 0.3) is 0 Å². The molecule has 8 atom stereocenters. The SMILES string of the molecule is CC(C)CCC[C@@H](C)[C@@H]1CC[C@@H]2[C@H]3CC=C4C(C)(C)[C@@H](O)CC[C@]4(C)[C@@H]3CC[C@@]21C. The molecule has 0 aromatic carbocycles. The average Bonchev–Trinajstić information content (AvgIpc) is 3.02. The molecule has 0 heterocycles. The Morgan fingerprint density at radius 1 is 0.933 bits per heavy atom. The molecule has 172 valence electrons. The molecule has 0 aromatic heterocycles. The predicted molar refractivity (Wildman–Crippen MR) is 128 cm³/mol. The quantitative estimate of drug-likeness (QED) is 0.451. The van der Waals surface area contributed by atoms with Gasteiger partial charge in [0.1, 0.15) is 0 Å². The van der Waals surface area contributed by atoms with Crippen molar-refractivity contribution in [2.45, 2.75) is 119 Å². The average molecular weight is 415 g/mol. The van der Waals surface area contributed by atoms with Crippen LogP contribution in [0.4, 0.5) is 0 Å². The molecule has 0 bridgehead atoms. The van der Waals surface area contributed by atoms with Gasteiger partial charge in [-0.15, -0.1) is 0 Å². The van der Waals surface area contributed by atoms with Crippen molar-refractivity contribution in [3.8, 4) is 0 Å². The highest BCUT2D eigenvalue weighted by atomic mass is 16.3. The van der Waals surface area contributed by atoms with Crippen LogP contribution in [-0.2, 0) is 0 Å². The van der Waals surface area contributed by atoms with Crippen LogP contribution >= 0.6 is 0 Å². The van der Waals surface area contributed by atoms with Gasteiger partial charge in [0.15, 0.2) is 0 Å². The molecule has 1 nitrogen and oxygen atoms in total. The second kappa shape index (κ2) is 7.93. The van der Waals surface area contributed by atoms with Gasteiger partial charge in [0, 0.05) is 5.41 Å². The minimum Gasteiger partial charge on any atom is -0.392 e. The molecule has 4 aliphatic carbocycles. The van der Waals surface area contributed by atoms with Gasteiger partial charge >= 0.3 is 0 Å². The summed E-state index contributed by atoms with van der Waals surface area (Å²) < 4.78 is 0. The van der Waals surface area contributed by atoms with Crippen LogP contribution in [0.15, 0.2) is 11.6 Å². The smallest absolute Gasteiger partial charge is 0.0628 e. The lowest BCUT2D eigenvalue weighted by atomic mass is 9.44. The van der Waals surface area contributed by atoms with E-state index in [-0.39, 0.29) is 11.5 Å². The van der Waals surface area contributed by atoms with E-state index in [0.717, 1.165) is 41.9 Å². The minimum atomic E-state index is -0.162.